The van der Waals surface area contributed by atoms with Gasteiger partial charge in [0, 0.05) is 12.8 Å². The molecule has 186 valence electrons. The van der Waals surface area contributed by atoms with Crippen LogP contribution in [0.5, 0.6) is 0 Å². The van der Waals surface area contributed by atoms with Gasteiger partial charge in [-0.1, -0.05) is 6.92 Å². The quantitative estimate of drug-likeness (QED) is 0.448. The van der Waals surface area contributed by atoms with Crippen LogP contribution in [0.1, 0.15) is 98.8 Å². The maximum absolute atomic E-state index is 13.6. The van der Waals surface area contributed by atoms with Gasteiger partial charge >= 0.3 is 17.9 Å². The summed E-state index contributed by atoms with van der Waals surface area (Å²) in [7, 11) is 0. The summed E-state index contributed by atoms with van der Waals surface area (Å²) in [5, 5.41) is 11.0. The lowest BCUT2D eigenvalue weighted by Gasteiger charge is -2.59. The molecular formula is C26H40O7. The number of carbonyl (C=O) groups is 3. The number of aliphatic hydroxyl groups is 1. The van der Waals surface area contributed by atoms with E-state index in [1.165, 1.54) is 0 Å². The van der Waals surface area contributed by atoms with Gasteiger partial charge in [-0.3, -0.25) is 14.4 Å². The van der Waals surface area contributed by atoms with E-state index in [9.17, 15) is 19.5 Å². The van der Waals surface area contributed by atoms with Crippen LogP contribution in [0.4, 0.5) is 0 Å². The van der Waals surface area contributed by atoms with Crippen LogP contribution < -0.4 is 0 Å². The van der Waals surface area contributed by atoms with Crippen molar-refractivity contribution in [1.82, 2.24) is 0 Å². The van der Waals surface area contributed by atoms with Gasteiger partial charge in [-0.2, -0.15) is 0 Å². The van der Waals surface area contributed by atoms with Gasteiger partial charge in [0.05, 0.1) is 29.5 Å². The summed E-state index contributed by atoms with van der Waals surface area (Å²) in [4.78, 5) is 38.4. The molecule has 5 rings (SSSR count). The third kappa shape index (κ3) is 4.80. The zero-order valence-electron chi connectivity index (χ0n) is 20.8. The van der Waals surface area contributed by atoms with E-state index in [-0.39, 0.29) is 31.4 Å². The Morgan fingerprint density at radius 2 is 1.73 bits per heavy atom. The molecule has 33 heavy (non-hydrogen) atoms. The standard InChI is InChI=1S/C26H40O7/c1-6-23(4,15-22(2,3)20(28)32-24(5)7-8-31-19(27)14-24)21(29)33-26-12-17-9-18(13-26)11-25(30,10-17)16-26/h17-18,30H,6-16H2,1-5H3. The van der Waals surface area contributed by atoms with Gasteiger partial charge in [-0.15, -0.1) is 0 Å². The molecule has 0 aromatic heterocycles. The molecule has 1 aliphatic heterocycles. The van der Waals surface area contributed by atoms with Gasteiger partial charge in [0.1, 0.15) is 11.2 Å². The Balaban J connectivity index is 1.44. The number of carbonyl (C=O) groups excluding carboxylic acids is 3. The fourth-order valence-corrected chi connectivity index (χ4v) is 7.23. The highest BCUT2D eigenvalue weighted by Crippen LogP contribution is 2.59. The lowest BCUT2D eigenvalue weighted by atomic mass is 9.52. The van der Waals surface area contributed by atoms with Gasteiger partial charge in [0.2, 0.25) is 0 Å². The topological polar surface area (TPSA) is 99.1 Å². The van der Waals surface area contributed by atoms with Crippen LogP contribution in [0, 0.1) is 22.7 Å². The Labute approximate surface area is 196 Å². The molecule has 4 aliphatic carbocycles. The molecule has 7 heteroatoms. The molecule has 5 fully saturated rings. The van der Waals surface area contributed by atoms with Crippen LogP contribution in [0.15, 0.2) is 0 Å². The molecule has 1 heterocycles. The molecule has 1 saturated heterocycles. The summed E-state index contributed by atoms with van der Waals surface area (Å²) >= 11 is 0. The van der Waals surface area contributed by atoms with Crippen molar-refractivity contribution < 1.29 is 33.7 Å². The van der Waals surface area contributed by atoms with Crippen molar-refractivity contribution in [3.63, 3.8) is 0 Å². The monoisotopic (exact) mass is 464 g/mol. The van der Waals surface area contributed by atoms with Crippen molar-refractivity contribution in [3.05, 3.63) is 0 Å². The number of hydrogen-bond acceptors (Lipinski definition) is 7. The summed E-state index contributed by atoms with van der Waals surface area (Å²) < 4.78 is 17.1. The Bertz CT molecular complexity index is 818. The van der Waals surface area contributed by atoms with E-state index in [2.05, 4.69) is 0 Å². The van der Waals surface area contributed by atoms with Crippen LogP contribution >= 0.6 is 0 Å². The van der Waals surface area contributed by atoms with Crippen LogP contribution in [-0.4, -0.2) is 46.4 Å². The smallest absolute Gasteiger partial charge is 0.312 e. The fraction of sp³-hybridized carbons (Fsp3) is 0.885. The molecular weight excluding hydrogens is 424 g/mol. The van der Waals surface area contributed by atoms with Gasteiger partial charge in [0.15, 0.2) is 0 Å². The molecule has 4 unspecified atom stereocenters. The van der Waals surface area contributed by atoms with Crippen LogP contribution in [0.25, 0.3) is 0 Å². The molecule has 5 aliphatic rings. The maximum atomic E-state index is 13.6. The first-order chi connectivity index (χ1) is 15.2. The Morgan fingerprint density at radius 3 is 2.27 bits per heavy atom. The summed E-state index contributed by atoms with van der Waals surface area (Å²) in [6, 6.07) is 0. The predicted octanol–water partition coefficient (Wildman–Crippen LogP) is 4.08. The third-order valence-corrected chi connectivity index (χ3v) is 8.69. The Morgan fingerprint density at radius 1 is 1.09 bits per heavy atom. The second kappa shape index (κ2) is 7.96. The molecule has 4 saturated carbocycles. The SMILES string of the molecule is CCC(C)(CC(C)(C)C(=O)OC1(C)CCOC(=O)C1)C(=O)OC12CC3CC(CC(O)(C3)C1)C2. The first-order valence-corrected chi connectivity index (χ1v) is 12.5. The highest BCUT2D eigenvalue weighted by molar-refractivity contribution is 5.81. The Hall–Kier alpha value is -1.63. The number of hydrogen-bond donors (Lipinski definition) is 1. The molecule has 0 amide bonds. The average molecular weight is 465 g/mol. The van der Waals surface area contributed by atoms with Gasteiger partial charge in [-0.25, -0.2) is 0 Å². The fourth-order valence-electron chi connectivity index (χ4n) is 7.23. The normalized spacial score (nSPS) is 39.5. The van der Waals surface area contributed by atoms with Crippen LogP contribution in [0.2, 0.25) is 0 Å². The van der Waals surface area contributed by atoms with Gasteiger partial charge in [0.25, 0.3) is 0 Å². The second-order valence-electron chi connectivity index (χ2n) is 12.7. The van der Waals surface area contributed by atoms with E-state index in [1.807, 2.05) is 13.8 Å². The largest absolute Gasteiger partial charge is 0.465 e. The molecule has 1 N–H and O–H groups in total. The molecule has 4 atom stereocenters. The first-order valence-electron chi connectivity index (χ1n) is 12.5. The zero-order valence-corrected chi connectivity index (χ0v) is 20.8. The highest BCUT2D eigenvalue weighted by atomic mass is 16.6. The Kier molecular flexibility index (Phi) is 5.91. The molecule has 4 bridgehead atoms. The summed E-state index contributed by atoms with van der Waals surface area (Å²) in [6.07, 6.45) is 6.25. The van der Waals surface area contributed by atoms with Crippen molar-refractivity contribution in [1.29, 1.82) is 0 Å². The number of esters is 3. The second-order valence-corrected chi connectivity index (χ2v) is 12.7. The average Bonchev–Trinajstić information content (AvgIpc) is 2.64. The first kappa shape index (κ1) is 24.5. The maximum Gasteiger partial charge on any atom is 0.312 e. The summed E-state index contributed by atoms with van der Waals surface area (Å²) in [5.74, 6) is -0.230. The lowest BCUT2D eigenvalue weighted by Crippen LogP contribution is -2.61. The van der Waals surface area contributed by atoms with E-state index >= 15 is 0 Å². The minimum atomic E-state index is -0.937. The number of cyclic esters (lactones) is 1. The van der Waals surface area contributed by atoms with Crippen molar-refractivity contribution in [2.75, 3.05) is 6.61 Å². The van der Waals surface area contributed by atoms with Crippen molar-refractivity contribution in [3.8, 4) is 0 Å². The predicted molar refractivity (Wildman–Crippen MR) is 120 cm³/mol. The van der Waals surface area contributed by atoms with E-state index in [0.717, 1.165) is 32.1 Å². The van der Waals surface area contributed by atoms with Crippen molar-refractivity contribution in [2.24, 2.45) is 22.7 Å². The lowest BCUT2D eigenvalue weighted by molar-refractivity contribution is -0.227. The van der Waals surface area contributed by atoms with Crippen LogP contribution in [0.3, 0.4) is 0 Å². The molecule has 7 nitrogen and oxygen atoms in total. The number of ether oxygens (including phenoxy) is 3. The van der Waals surface area contributed by atoms with E-state index in [4.69, 9.17) is 14.2 Å². The molecule has 0 radical (unpaired) electrons. The minimum Gasteiger partial charge on any atom is -0.465 e. The van der Waals surface area contributed by atoms with E-state index < -0.39 is 33.6 Å². The van der Waals surface area contributed by atoms with E-state index in [1.54, 1.807) is 20.8 Å². The minimum absolute atomic E-state index is 0.0374. The summed E-state index contributed by atoms with van der Waals surface area (Å²) in [6.45, 7) is 9.36. The van der Waals surface area contributed by atoms with Gasteiger partial charge in [-0.05, 0) is 84.5 Å². The molecule has 0 aromatic rings. The third-order valence-electron chi connectivity index (χ3n) is 8.69. The van der Waals surface area contributed by atoms with E-state index in [0.29, 0.717) is 31.1 Å². The molecule has 0 aromatic carbocycles. The van der Waals surface area contributed by atoms with Crippen molar-refractivity contribution >= 4 is 17.9 Å². The zero-order chi connectivity index (χ0) is 24.3. The van der Waals surface area contributed by atoms with Gasteiger partial charge < -0.3 is 19.3 Å². The highest BCUT2D eigenvalue weighted by Gasteiger charge is 2.60. The van der Waals surface area contributed by atoms with Crippen LogP contribution in [-0.2, 0) is 28.6 Å². The summed E-state index contributed by atoms with van der Waals surface area (Å²) in [5.41, 5.74) is -3.96. The van der Waals surface area contributed by atoms with Crippen molar-refractivity contribution in [2.45, 2.75) is 116 Å². The molecule has 0 spiro atoms. The number of rotatable bonds is 7.